The second-order valence-corrected chi connectivity index (χ2v) is 5.87. The minimum atomic E-state index is -0.872. The summed E-state index contributed by atoms with van der Waals surface area (Å²) >= 11 is 5.92. The molecular weight excluding hydrogens is 356 g/mol. The fourth-order valence-corrected chi connectivity index (χ4v) is 2.71. The van der Waals surface area contributed by atoms with Crippen molar-refractivity contribution in [3.8, 4) is 11.5 Å². The van der Waals surface area contributed by atoms with Crippen molar-refractivity contribution in [3.05, 3.63) is 59.6 Å². The first-order chi connectivity index (χ1) is 12.5. The van der Waals surface area contributed by atoms with Gasteiger partial charge in [-0.15, -0.1) is 0 Å². The van der Waals surface area contributed by atoms with Gasteiger partial charge in [-0.1, -0.05) is 35.9 Å². The largest absolute Gasteiger partial charge is 0.507 e. The van der Waals surface area contributed by atoms with Gasteiger partial charge >= 0.3 is 11.8 Å². The first-order valence-corrected chi connectivity index (χ1v) is 8.04. The summed E-state index contributed by atoms with van der Waals surface area (Å²) in [5.41, 5.74) is 0.701. The van der Waals surface area contributed by atoms with Gasteiger partial charge in [-0.25, -0.2) is 0 Å². The van der Waals surface area contributed by atoms with Crippen molar-refractivity contribution in [2.45, 2.75) is 0 Å². The quantitative estimate of drug-likeness (QED) is 0.612. The molecule has 0 aromatic heterocycles. The van der Waals surface area contributed by atoms with Crippen molar-refractivity contribution in [3.63, 3.8) is 0 Å². The van der Waals surface area contributed by atoms with Crippen LogP contribution < -0.4 is 15.4 Å². The van der Waals surface area contributed by atoms with E-state index < -0.39 is 11.8 Å². The number of halogens is 1. The van der Waals surface area contributed by atoms with Crippen LogP contribution in [0.3, 0.4) is 0 Å². The third-order valence-electron chi connectivity index (χ3n) is 3.76. The molecule has 0 saturated carbocycles. The van der Waals surface area contributed by atoms with Crippen molar-refractivity contribution in [2.75, 3.05) is 17.7 Å². The number of hydrogen-bond donors (Lipinski definition) is 3. The van der Waals surface area contributed by atoms with E-state index in [0.717, 1.165) is 0 Å². The molecule has 0 aliphatic carbocycles. The summed E-state index contributed by atoms with van der Waals surface area (Å²) in [6.07, 6.45) is 0. The molecule has 0 fully saturated rings. The predicted octanol–water partition coefficient (Wildman–Crippen LogP) is 3.78. The Kier molecular flexibility index (Phi) is 4.95. The molecule has 0 saturated heterocycles. The first-order valence-electron chi connectivity index (χ1n) is 7.66. The summed E-state index contributed by atoms with van der Waals surface area (Å²) < 4.78 is 5.14. The number of phenols is 1. The van der Waals surface area contributed by atoms with Crippen molar-refractivity contribution >= 4 is 45.6 Å². The van der Waals surface area contributed by atoms with Crippen LogP contribution in [0.1, 0.15) is 0 Å². The molecule has 26 heavy (non-hydrogen) atoms. The zero-order valence-electron chi connectivity index (χ0n) is 13.7. The smallest absolute Gasteiger partial charge is 0.314 e. The van der Waals surface area contributed by atoms with E-state index in [1.54, 1.807) is 48.5 Å². The van der Waals surface area contributed by atoms with Gasteiger partial charge in [-0.3, -0.25) is 9.59 Å². The highest BCUT2D eigenvalue weighted by atomic mass is 35.5. The summed E-state index contributed by atoms with van der Waals surface area (Å²) in [7, 11) is 1.45. The standard InChI is InChI=1S/C19H15ClN2O4/c1-26-17-9-8-11(20)10-15(17)22-19(25)18(24)21-14-6-2-5-13-12(14)4-3-7-16(13)23/h2-10,23H,1H3,(H,21,24)(H,22,25). The Balaban J connectivity index is 1.82. The molecule has 3 aromatic rings. The number of benzene rings is 3. The number of anilines is 2. The lowest BCUT2D eigenvalue weighted by Gasteiger charge is -2.12. The number of carbonyl (C=O) groups is 2. The van der Waals surface area contributed by atoms with Crippen LogP contribution in [0.4, 0.5) is 11.4 Å². The summed E-state index contributed by atoms with van der Waals surface area (Å²) in [5, 5.41) is 16.5. The summed E-state index contributed by atoms with van der Waals surface area (Å²) in [6, 6.07) is 14.7. The van der Waals surface area contributed by atoms with Crippen LogP contribution >= 0.6 is 11.6 Å². The van der Waals surface area contributed by atoms with E-state index in [1.807, 2.05) is 0 Å². The van der Waals surface area contributed by atoms with Crippen LogP contribution in [0.25, 0.3) is 10.8 Å². The van der Waals surface area contributed by atoms with E-state index in [1.165, 1.54) is 13.2 Å². The molecule has 0 aliphatic rings. The molecule has 3 rings (SSSR count). The number of nitrogens with one attached hydrogen (secondary N) is 2. The Morgan fingerprint density at radius 2 is 1.58 bits per heavy atom. The number of phenolic OH excluding ortho intramolecular Hbond substituents is 1. The maximum absolute atomic E-state index is 12.3. The molecule has 0 heterocycles. The molecule has 7 heteroatoms. The van der Waals surface area contributed by atoms with Crippen LogP contribution in [0, 0.1) is 0 Å². The zero-order valence-corrected chi connectivity index (χ0v) is 14.5. The highest BCUT2D eigenvalue weighted by Gasteiger charge is 2.17. The van der Waals surface area contributed by atoms with E-state index in [2.05, 4.69) is 10.6 Å². The lowest BCUT2D eigenvalue weighted by molar-refractivity contribution is -0.132. The van der Waals surface area contributed by atoms with Crippen LogP contribution in [0.5, 0.6) is 11.5 Å². The molecule has 0 atom stereocenters. The monoisotopic (exact) mass is 370 g/mol. The van der Waals surface area contributed by atoms with Gasteiger partial charge in [0.1, 0.15) is 11.5 Å². The average molecular weight is 371 g/mol. The van der Waals surface area contributed by atoms with Crippen molar-refractivity contribution < 1.29 is 19.4 Å². The Labute approximate surface area is 154 Å². The van der Waals surface area contributed by atoms with Crippen molar-refractivity contribution in [2.24, 2.45) is 0 Å². The molecule has 0 unspecified atom stereocenters. The number of methoxy groups -OCH3 is 1. The highest BCUT2D eigenvalue weighted by Crippen LogP contribution is 2.30. The molecule has 0 aliphatic heterocycles. The topological polar surface area (TPSA) is 87.7 Å². The second-order valence-electron chi connectivity index (χ2n) is 5.43. The number of rotatable bonds is 3. The third kappa shape index (κ3) is 3.55. The van der Waals surface area contributed by atoms with Crippen LogP contribution in [-0.4, -0.2) is 24.0 Å². The van der Waals surface area contributed by atoms with Gasteiger partial charge in [0.15, 0.2) is 0 Å². The number of fused-ring (bicyclic) bond motifs is 1. The molecule has 0 spiro atoms. The van der Waals surface area contributed by atoms with Gasteiger partial charge in [-0.2, -0.15) is 0 Å². The molecular formula is C19H15ClN2O4. The van der Waals surface area contributed by atoms with Crippen LogP contribution in [0.15, 0.2) is 54.6 Å². The number of aromatic hydroxyl groups is 1. The molecule has 0 radical (unpaired) electrons. The number of ether oxygens (including phenoxy) is 1. The summed E-state index contributed by atoms with van der Waals surface area (Å²) in [4.78, 5) is 24.5. The summed E-state index contributed by atoms with van der Waals surface area (Å²) in [5.74, 6) is -1.26. The van der Waals surface area contributed by atoms with Gasteiger partial charge in [0, 0.05) is 21.5 Å². The van der Waals surface area contributed by atoms with E-state index in [0.29, 0.717) is 27.2 Å². The van der Waals surface area contributed by atoms with Gasteiger partial charge in [-0.05, 0) is 30.3 Å². The van der Waals surface area contributed by atoms with Crippen LogP contribution in [0.2, 0.25) is 5.02 Å². The minimum Gasteiger partial charge on any atom is -0.507 e. The third-order valence-corrected chi connectivity index (χ3v) is 4.00. The van der Waals surface area contributed by atoms with Gasteiger partial charge in [0.25, 0.3) is 0 Å². The molecule has 6 nitrogen and oxygen atoms in total. The minimum absolute atomic E-state index is 0.0896. The normalized spacial score (nSPS) is 10.4. The Morgan fingerprint density at radius 3 is 2.31 bits per heavy atom. The molecule has 2 amide bonds. The number of amides is 2. The van der Waals surface area contributed by atoms with Crippen molar-refractivity contribution in [1.82, 2.24) is 0 Å². The SMILES string of the molecule is COc1ccc(Cl)cc1NC(=O)C(=O)Nc1cccc2c(O)cccc12. The lowest BCUT2D eigenvalue weighted by atomic mass is 10.1. The number of hydrogen-bond acceptors (Lipinski definition) is 4. The van der Waals surface area contributed by atoms with Gasteiger partial charge in [0.2, 0.25) is 0 Å². The lowest BCUT2D eigenvalue weighted by Crippen LogP contribution is -2.29. The Morgan fingerprint density at radius 1 is 0.923 bits per heavy atom. The first kappa shape index (κ1) is 17.6. The van der Waals surface area contributed by atoms with Crippen molar-refractivity contribution in [1.29, 1.82) is 0 Å². The fourth-order valence-electron chi connectivity index (χ4n) is 2.54. The Bertz CT molecular complexity index is 1000. The molecule has 0 bridgehead atoms. The molecule has 3 aromatic carbocycles. The second kappa shape index (κ2) is 7.33. The van der Waals surface area contributed by atoms with Gasteiger partial charge in [0.05, 0.1) is 12.8 Å². The maximum atomic E-state index is 12.3. The highest BCUT2D eigenvalue weighted by molar-refractivity contribution is 6.44. The van der Waals surface area contributed by atoms with E-state index >= 15 is 0 Å². The van der Waals surface area contributed by atoms with E-state index in [9.17, 15) is 14.7 Å². The van der Waals surface area contributed by atoms with E-state index in [-0.39, 0.29) is 11.4 Å². The average Bonchev–Trinajstić information content (AvgIpc) is 2.63. The fraction of sp³-hybridized carbons (Fsp3) is 0.0526. The van der Waals surface area contributed by atoms with Crippen LogP contribution in [-0.2, 0) is 9.59 Å². The number of carbonyl (C=O) groups excluding carboxylic acids is 2. The summed E-state index contributed by atoms with van der Waals surface area (Å²) in [6.45, 7) is 0. The zero-order chi connectivity index (χ0) is 18.7. The Hall–Kier alpha value is -3.25. The maximum Gasteiger partial charge on any atom is 0.314 e. The predicted molar refractivity (Wildman–Crippen MR) is 101 cm³/mol. The van der Waals surface area contributed by atoms with Gasteiger partial charge < -0.3 is 20.5 Å². The van der Waals surface area contributed by atoms with E-state index in [4.69, 9.17) is 16.3 Å². The molecule has 3 N–H and O–H groups in total. The molecule has 132 valence electrons.